The van der Waals surface area contributed by atoms with Crippen molar-refractivity contribution in [3.05, 3.63) is 28.2 Å². The van der Waals surface area contributed by atoms with E-state index in [0.717, 1.165) is 28.6 Å². The first-order valence-electron chi connectivity index (χ1n) is 6.28. The van der Waals surface area contributed by atoms with Crippen LogP contribution in [0.5, 0.6) is 0 Å². The molecule has 2 saturated carbocycles. The lowest BCUT2D eigenvalue weighted by Crippen LogP contribution is -2.48. The van der Waals surface area contributed by atoms with Gasteiger partial charge in [-0.3, -0.25) is 9.59 Å². The summed E-state index contributed by atoms with van der Waals surface area (Å²) in [5.74, 6) is 0.475. The van der Waals surface area contributed by atoms with Crippen LogP contribution in [0.4, 0.5) is 5.69 Å². The molecule has 2 fully saturated rings. The molecule has 1 aliphatic heterocycles. The van der Waals surface area contributed by atoms with E-state index in [-0.39, 0.29) is 23.1 Å². The molecule has 1 spiro atoms. The van der Waals surface area contributed by atoms with Gasteiger partial charge in [-0.2, -0.15) is 0 Å². The highest BCUT2D eigenvalue weighted by Crippen LogP contribution is 2.60. The number of carbonyl (C=O) groups is 2. The molecule has 4 rings (SSSR count). The average Bonchev–Trinajstić information content (AvgIpc) is 3.03. The maximum atomic E-state index is 12.6. The number of nitrogens with zero attached hydrogens (tertiary/aromatic N) is 1. The molecular formula is C14H12BrNO2. The third-order valence-corrected chi connectivity index (χ3v) is 5.06. The number of Topliss-reactive ketones (excluding diaryl/α,β-unsaturated/α-hetero) is 1. The molecule has 1 aromatic rings. The van der Waals surface area contributed by atoms with Crippen molar-refractivity contribution in [3.8, 4) is 0 Å². The lowest BCUT2D eigenvalue weighted by Gasteiger charge is -2.34. The molecule has 18 heavy (non-hydrogen) atoms. The molecule has 1 amide bonds. The fourth-order valence-corrected chi connectivity index (χ4v) is 3.97. The minimum atomic E-state index is -0.270. The van der Waals surface area contributed by atoms with Gasteiger partial charge in [-0.05, 0) is 25.0 Å². The van der Waals surface area contributed by atoms with Gasteiger partial charge in [0.2, 0.25) is 5.91 Å². The number of carbonyl (C=O) groups excluding carboxylic acids is 2. The van der Waals surface area contributed by atoms with Crippen molar-refractivity contribution in [2.24, 2.45) is 0 Å². The highest BCUT2D eigenvalue weighted by atomic mass is 79.9. The Morgan fingerprint density at radius 2 is 1.94 bits per heavy atom. The van der Waals surface area contributed by atoms with Crippen LogP contribution in [0.1, 0.15) is 31.2 Å². The fraction of sp³-hybridized carbons (Fsp3) is 0.429. The molecule has 4 heteroatoms. The lowest BCUT2D eigenvalue weighted by molar-refractivity contribution is -0.126. The standard InChI is InChI=1S/C14H12BrNO2/c15-10-2-1-3-11-12(10)14(4-5-14)13(18)16(11)8-6-9(17)7-8/h1-3,8H,4-7H2. The van der Waals surface area contributed by atoms with Crippen LogP contribution in [0.15, 0.2) is 22.7 Å². The van der Waals surface area contributed by atoms with Gasteiger partial charge < -0.3 is 4.90 Å². The van der Waals surface area contributed by atoms with Crippen molar-refractivity contribution < 1.29 is 9.59 Å². The Morgan fingerprint density at radius 1 is 1.22 bits per heavy atom. The second kappa shape index (κ2) is 3.23. The number of benzene rings is 1. The van der Waals surface area contributed by atoms with Crippen LogP contribution in [0.3, 0.4) is 0 Å². The predicted octanol–water partition coefficient (Wildman–Crippen LogP) is 2.56. The maximum absolute atomic E-state index is 12.6. The zero-order valence-corrected chi connectivity index (χ0v) is 11.4. The van der Waals surface area contributed by atoms with Gasteiger partial charge in [0.1, 0.15) is 5.78 Å². The molecule has 0 saturated heterocycles. The summed E-state index contributed by atoms with van der Waals surface area (Å²) in [6, 6.07) is 6.07. The number of hydrogen-bond acceptors (Lipinski definition) is 2. The minimum absolute atomic E-state index is 0.0954. The smallest absolute Gasteiger partial charge is 0.238 e. The van der Waals surface area contributed by atoms with Gasteiger partial charge in [-0.15, -0.1) is 0 Å². The Morgan fingerprint density at radius 3 is 2.56 bits per heavy atom. The van der Waals surface area contributed by atoms with Crippen molar-refractivity contribution >= 4 is 33.3 Å². The molecule has 0 bridgehead atoms. The van der Waals surface area contributed by atoms with E-state index in [0.29, 0.717) is 12.8 Å². The monoisotopic (exact) mass is 305 g/mol. The molecular weight excluding hydrogens is 294 g/mol. The Labute approximate surface area is 113 Å². The summed E-state index contributed by atoms with van der Waals surface area (Å²) in [4.78, 5) is 25.7. The third kappa shape index (κ3) is 1.14. The summed E-state index contributed by atoms with van der Waals surface area (Å²) >= 11 is 3.57. The van der Waals surface area contributed by atoms with E-state index < -0.39 is 0 Å². The largest absolute Gasteiger partial charge is 0.307 e. The van der Waals surface area contributed by atoms with Crippen molar-refractivity contribution in [1.29, 1.82) is 0 Å². The number of ketones is 1. The van der Waals surface area contributed by atoms with Crippen molar-refractivity contribution in [3.63, 3.8) is 0 Å². The molecule has 3 aliphatic rings. The van der Waals surface area contributed by atoms with Crippen molar-refractivity contribution in [1.82, 2.24) is 0 Å². The Hall–Kier alpha value is -1.16. The molecule has 3 nitrogen and oxygen atoms in total. The zero-order valence-electron chi connectivity index (χ0n) is 9.78. The molecule has 0 N–H and O–H groups in total. The summed E-state index contributed by atoms with van der Waals surface area (Å²) < 4.78 is 1.03. The van der Waals surface area contributed by atoms with Gasteiger partial charge in [0.05, 0.1) is 11.5 Å². The minimum Gasteiger partial charge on any atom is -0.307 e. The number of rotatable bonds is 1. The van der Waals surface area contributed by atoms with E-state index in [1.165, 1.54) is 0 Å². The molecule has 0 aromatic heterocycles. The number of anilines is 1. The van der Waals surface area contributed by atoms with Gasteiger partial charge in [0, 0.05) is 28.6 Å². The summed E-state index contributed by atoms with van der Waals surface area (Å²) in [5.41, 5.74) is 1.90. The van der Waals surface area contributed by atoms with E-state index in [1.807, 2.05) is 23.1 Å². The number of fused-ring (bicyclic) bond motifs is 2. The average molecular weight is 306 g/mol. The van der Waals surface area contributed by atoms with Crippen molar-refractivity contribution in [2.75, 3.05) is 4.90 Å². The van der Waals surface area contributed by atoms with E-state index in [4.69, 9.17) is 0 Å². The first-order valence-corrected chi connectivity index (χ1v) is 7.07. The summed E-state index contributed by atoms with van der Waals surface area (Å²) in [6.07, 6.45) is 2.93. The SMILES string of the molecule is O=C1CC(N2C(=O)C3(CC3)c3c(Br)cccc32)C1. The molecule has 2 aliphatic carbocycles. The molecule has 0 unspecified atom stereocenters. The molecule has 1 heterocycles. The van der Waals surface area contributed by atoms with E-state index in [2.05, 4.69) is 15.9 Å². The molecule has 0 radical (unpaired) electrons. The molecule has 1 aromatic carbocycles. The number of hydrogen-bond donors (Lipinski definition) is 0. The second-order valence-electron chi connectivity index (χ2n) is 5.49. The van der Waals surface area contributed by atoms with Crippen molar-refractivity contribution in [2.45, 2.75) is 37.1 Å². The predicted molar refractivity (Wildman–Crippen MR) is 70.6 cm³/mol. The summed E-state index contributed by atoms with van der Waals surface area (Å²) in [6.45, 7) is 0. The Bertz CT molecular complexity index is 583. The Kier molecular flexibility index (Phi) is 1.93. The topological polar surface area (TPSA) is 37.4 Å². The normalized spacial score (nSPS) is 24.4. The van der Waals surface area contributed by atoms with E-state index in [1.54, 1.807) is 0 Å². The summed E-state index contributed by atoms with van der Waals surface area (Å²) in [5, 5.41) is 0. The van der Waals surface area contributed by atoms with E-state index in [9.17, 15) is 9.59 Å². The number of halogens is 1. The van der Waals surface area contributed by atoms with Gasteiger partial charge in [0.25, 0.3) is 0 Å². The van der Waals surface area contributed by atoms with Gasteiger partial charge in [-0.1, -0.05) is 22.0 Å². The van der Waals surface area contributed by atoms with Crippen LogP contribution in [-0.2, 0) is 15.0 Å². The fourth-order valence-electron chi connectivity index (χ4n) is 3.23. The van der Waals surface area contributed by atoms with Gasteiger partial charge >= 0.3 is 0 Å². The molecule has 92 valence electrons. The van der Waals surface area contributed by atoms with Crippen LogP contribution in [0.2, 0.25) is 0 Å². The van der Waals surface area contributed by atoms with Crippen LogP contribution in [0.25, 0.3) is 0 Å². The second-order valence-corrected chi connectivity index (χ2v) is 6.35. The quantitative estimate of drug-likeness (QED) is 0.799. The van der Waals surface area contributed by atoms with Crippen LogP contribution in [-0.4, -0.2) is 17.7 Å². The number of amides is 1. The van der Waals surface area contributed by atoms with E-state index >= 15 is 0 Å². The Balaban J connectivity index is 1.85. The van der Waals surface area contributed by atoms with Gasteiger partial charge in [0.15, 0.2) is 0 Å². The zero-order chi connectivity index (χ0) is 12.5. The lowest BCUT2D eigenvalue weighted by atomic mass is 9.89. The first-order chi connectivity index (χ1) is 8.63. The molecule has 0 atom stereocenters. The maximum Gasteiger partial charge on any atom is 0.238 e. The van der Waals surface area contributed by atoms with Gasteiger partial charge in [-0.25, -0.2) is 0 Å². The summed E-state index contributed by atoms with van der Waals surface area (Å²) in [7, 11) is 0. The first kappa shape index (κ1) is 10.7. The van der Waals surface area contributed by atoms with Crippen LogP contribution >= 0.6 is 15.9 Å². The highest BCUT2D eigenvalue weighted by molar-refractivity contribution is 9.10. The highest BCUT2D eigenvalue weighted by Gasteiger charge is 2.61. The van der Waals surface area contributed by atoms with Crippen LogP contribution in [0, 0.1) is 0 Å². The third-order valence-electron chi connectivity index (χ3n) is 4.40. The van der Waals surface area contributed by atoms with Crippen LogP contribution < -0.4 is 4.90 Å².